The van der Waals surface area contributed by atoms with Gasteiger partial charge < -0.3 is 5.11 Å². The Morgan fingerprint density at radius 1 is 1.27 bits per heavy atom. The molecule has 1 N–H and O–H groups in total. The first-order valence-electron chi connectivity index (χ1n) is 5.73. The van der Waals surface area contributed by atoms with E-state index in [9.17, 15) is 5.11 Å². The zero-order valence-electron chi connectivity index (χ0n) is 10.4. The molecule has 0 aromatic carbocycles. The molecule has 1 heterocycles. The van der Waals surface area contributed by atoms with Crippen LogP contribution in [0, 0.1) is 17.3 Å². The van der Waals surface area contributed by atoms with Crippen LogP contribution in [0.15, 0.2) is 0 Å². The Hall–Kier alpha value is -0.520. The summed E-state index contributed by atoms with van der Waals surface area (Å²) in [5, 5.41) is 9.78. The Labute approximate surface area is 93.7 Å². The van der Waals surface area contributed by atoms with Crippen LogP contribution >= 0.6 is 0 Å². The largest absolute Gasteiger partial charge is 0.390 e. The molecule has 2 nitrogen and oxygen atoms in total. The lowest BCUT2D eigenvalue weighted by molar-refractivity contribution is -0.00200. The van der Waals surface area contributed by atoms with Crippen molar-refractivity contribution in [3.05, 3.63) is 0 Å². The van der Waals surface area contributed by atoms with Gasteiger partial charge in [-0.2, -0.15) is 0 Å². The molecule has 1 rings (SSSR count). The van der Waals surface area contributed by atoms with E-state index in [1.165, 1.54) is 0 Å². The Kier molecular flexibility index (Phi) is 3.81. The van der Waals surface area contributed by atoms with Crippen LogP contribution in [0.4, 0.5) is 0 Å². The molecule has 0 amide bonds. The minimum Gasteiger partial charge on any atom is -0.390 e. The first kappa shape index (κ1) is 12.5. The number of aliphatic hydroxyl groups is 1. The van der Waals surface area contributed by atoms with Gasteiger partial charge >= 0.3 is 0 Å². The fourth-order valence-corrected chi connectivity index (χ4v) is 1.61. The first-order valence-corrected chi connectivity index (χ1v) is 5.73. The minimum absolute atomic E-state index is 0.0985. The highest BCUT2D eigenvalue weighted by atomic mass is 16.3. The molecule has 0 atom stereocenters. The zero-order valence-corrected chi connectivity index (χ0v) is 10.4. The van der Waals surface area contributed by atoms with E-state index in [2.05, 4.69) is 37.5 Å². The standard InChI is InChI=1S/C13H23NO/c1-12(2,3)6-5-9-14-10-7-13(4,15)8-11-14/h15H,7-11H2,1-4H3. The monoisotopic (exact) mass is 209 g/mol. The fourth-order valence-electron chi connectivity index (χ4n) is 1.61. The van der Waals surface area contributed by atoms with Crippen molar-refractivity contribution in [1.82, 2.24) is 4.90 Å². The van der Waals surface area contributed by atoms with Crippen LogP contribution in [0.2, 0.25) is 0 Å². The summed E-state index contributed by atoms with van der Waals surface area (Å²) in [6.07, 6.45) is 1.73. The van der Waals surface area contributed by atoms with E-state index in [0.717, 1.165) is 32.5 Å². The van der Waals surface area contributed by atoms with Crippen LogP contribution in [0.25, 0.3) is 0 Å². The number of hydrogen-bond acceptors (Lipinski definition) is 2. The van der Waals surface area contributed by atoms with Crippen molar-refractivity contribution < 1.29 is 5.11 Å². The van der Waals surface area contributed by atoms with Crippen molar-refractivity contribution in [2.75, 3.05) is 19.6 Å². The highest BCUT2D eigenvalue weighted by Crippen LogP contribution is 2.20. The van der Waals surface area contributed by atoms with Gasteiger partial charge in [0.15, 0.2) is 0 Å². The van der Waals surface area contributed by atoms with Crippen molar-refractivity contribution in [1.29, 1.82) is 0 Å². The Bertz CT molecular complexity index is 254. The number of nitrogens with zero attached hydrogens (tertiary/aromatic N) is 1. The third kappa shape index (κ3) is 5.20. The molecule has 0 aliphatic carbocycles. The number of likely N-dealkylation sites (tertiary alicyclic amines) is 1. The quantitative estimate of drug-likeness (QED) is 0.667. The number of piperidine rings is 1. The van der Waals surface area contributed by atoms with E-state index in [4.69, 9.17) is 0 Å². The van der Waals surface area contributed by atoms with Gasteiger partial charge in [0, 0.05) is 18.5 Å². The highest BCUT2D eigenvalue weighted by molar-refractivity contribution is 5.08. The molecule has 2 heteroatoms. The second-order valence-electron chi connectivity index (χ2n) is 5.82. The molecule has 0 saturated carbocycles. The lowest BCUT2D eigenvalue weighted by Crippen LogP contribution is -2.42. The molecular weight excluding hydrogens is 186 g/mol. The van der Waals surface area contributed by atoms with Crippen molar-refractivity contribution in [2.24, 2.45) is 5.41 Å². The molecule has 0 radical (unpaired) electrons. The molecule has 0 spiro atoms. The fraction of sp³-hybridized carbons (Fsp3) is 0.846. The summed E-state index contributed by atoms with van der Waals surface area (Å²) in [6, 6.07) is 0. The SMILES string of the molecule is CC(C)(C)C#CCN1CCC(C)(O)CC1. The average Bonchev–Trinajstić information content (AvgIpc) is 2.06. The van der Waals surface area contributed by atoms with E-state index in [0.29, 0.717) is 0 Å². The molecule has 0 bridgehead atoms. The molecule has 15 heavy (non-hydrogen) atoms. The van der Waals surface area contributed by atoms with Crippen molar-refractivity contribution in [3.63, 3.8) is 0 Å². The van der Waals surface area contributed by atoms with Crippen molar-refractivity contribution in [3.8, 4) is 11.8 Å². The van der Waals surface area contributed by atoms with Crippen molar-refractivity contribution in [2.45, 2.75) is 46.1 Å². The lowest BCUT2D eigenvalue weighted by atomic mass is 9.94. The Morgan fingerprint density at radius 3 is 2.27 bits per heavy atom. The van der Waals surface area contributed by atoms with Gasteiger partial charge in [-0.05, 0) is 40.5 Å². The van der Waals surface area contributed by atoms with Gasteiger partial charge in [0.2, 0.25) is 0 Å². The molecule has 1 fully saturated rings. The summed E-state index contributed by atoms with van der Waals surface area (Å²) in [4.78, 5) is 2.32. The zero-order chi connectivity index (χ0) is 11.5. The van der Waals surface area contributed by atoms with Crippen LogP contribution in [0.1, 0.15) is 40.5 Å². The van der Waals surface area contributed by atoms with E-state index < -0.39 is 5.60 Å². The minimum atomic E-state index is -0.450. The van der Waals surface area contributed by atoms with Gasteiger partial charge in [-0.1, -0.05) is 11.8 Å². The summed E-state index contributed by atoms with van der Waals surface area (Å²) < 4.78 is 0. The molecule has 1 aliphatic heterocycles. The van der Waals surface area contributed by atoms with Crippen LogP contribution in [0.5, 0.6) is 0 Å². The van der Waals surface area contributed by atoms with Gasteiger partial charge in [0.1, 0.15) is 0 Å². The molecule has 1 aliphatic rings. The summed E-state index contributed by atoms with van der Waals surface area (Å²) in [5.41, 5.74) is -0.352. The predicted molar refractivity (Wildman–Crippen MR) is 63.5 cm³/mol. The van der Waals surface area contributed by atoms with E-state index in [1.807, 2.05) is 6.92 Å². The smallest absolute Gasteiger partial charge is 0.0644 e. The summed E-state index contributed by atoms with van der Waals surface area (Å²) in [7, 11) is 0. The summed E-state index contributed by atoms with van der Waals surface area (Å²) in [5.74, 6) is 6.45. The van der Waals surface area contributed by atoms with Crippen molar-refractivity contribution >= 4 is 0 Å². The van der Waals surface area contributed by atoms with Gasteiger partial charge in [0.05, 0.1) is 12.1 Å². The second kappa shape index (κ2) is 4.55. The normalized spacial score (nSPS) is 21.9. The average molecular weight is 209 g/mol. The van der Waals surface area contributed by atoms with Gasteiger partial charge in [-0.15, -0.1) is 0 Å². The third-order valence-corrected chi connectivity index (χ3v) is 2.70. The molecule has 0 aromatic heterocycles. The molecule has 0 aromatic rings. The first-order chi connectivity index (χ1) is 6.79. The summed E-state index contributed by atoms with van der Waals surface area (Å²) >= 11 is 0. The number of rotatable bonds is 1. The molecule has 1 saturated heterocycles. The van der Waals surface area contributed by atoms with E-state index in [1.54, 1.807) is 0 Å². The van der Waals surface area contributed by atoms with Crippen LogP contribution < -0.4 is 0 Å². The predicted octanol–water partition coefficient (Wildman–Crippen LogP) is 1.88. The van der Waals surface area contributed by atoms with Gasteiger partial charge in [0.25, 0.3) is 0 Å². The number of hydrogen-bond donors (Lipinski definition) is 1. The molecule has 86 valence electrons. The maximum Gasteiger partial charge on any atom is 0.0644 e. The Balaban J connectivity index is 2.33. The Morgan fingerprint density at radius 2 is 1.80 bits per heavy atom. The highest BCUT2D eigenvalue weighted by Gasteiger charge is 2.26. The maximum absolute atomic E-state index is 9.78. The van der Waals surface area contributed by atoms with E-state index in [-0.39, 0.29) is 5.41 Å². The molecule has 0 unspecified atom stereocenters. The topological polar surface area (TPSA) is 23.5 Å². The van der Waals surface area contributed by atoms with Crippen LogP contribution in [-0.4, -0.2) is 35.2 Å². The maximum atomic E-state index is 9.78. The lowest BCUT2D eigenvalue weighted by Gasteiger charge is -2.34. The second-order valence-corrected chi connectivity index (χ2v) is 5.82. The van der Waals surface area contributed by atoms with Crippen LogP contribution in [0.3, 0.4) is 0 Å². The van der Waals surface area contributed by atoms with Gasteiger partial charge in [-0.25, -0.2) is 0 Å². The van der Waals surface area contributed by atoms with Crippen LogP contribution in [-0.2, 0) is 0 Å². The summed E-state index contributed by atoms with van der Waals surface area (Å²) in [6.45, 7) is 11.1. The third-order valence-electron chi connectivity index (χ3n) is 2.70. The van der Waals surface area contributed by atoms with E-state index >= 15 is 0 Å². The van der Waals surface area contributed by atoms with Gasteiger partial charge in [-0.3, -0.25) is 4.90 Å². The molecular formula is C13H23NO.